The third kappa shape index (κ3) is 3.48. The molecule has 1 saturated heterocycles. The van der Waals surface area contributed by atoms with Gasteiger partial charge in [-0.25, -0.2) is 9.98 Å². The summed E-state index contributed by atoms with van der Waals surface area (Å²) in [4.78, 5) is 26.6. The number of pyridine rings is 1. The van der Waals surface area contributed by atoms with E-state index in [0.717, 1.165) is 42.6 Å². The molecule has 10 nitrogen and oxygen atoms in total. The molecule has 1 atom stereocenters. The number of aliphatic hydroxyl groups is 1. The molecule has 2 aliphatic heterocycles. The third-order valence-corrected chi connectivity index (χ3v) is 5.90. The molecule has 4 N–H and O–H groups in total. The molecule has 0 aromatic carbocycles. The fourth-order valence-electron chi connectivity index (χ4n) is 4.35. The van der Waals surface area contributed by atoms with E-state index in [1.807, 2.05) is 19.1 Å². The van der Waals surface area contributed by atoms with Gasteiger partial charge in [0.2, 0.25) is 5.91 Å². The third-order valence-electron chi connectivity index (χ3n) is 5.90. The van der Waals surface area contributed by atoms with E-state index in [4.69, 9.17) is 4.99 Å². The highest BCUT2D eigenvalue weighted by Crippen LogP contribution is 2.31. The van der Waals surface area contributed by atoms with Crippen LogP contribution in [0.5, 0.6) is 0 Å². The molecule has 3 aliphatic rings. The first-order chi connectivity index (χ1) is 14.6. The van der Waals surface area contributed by atoms with Crippen molar-refractivity contribution in [1.29, 1.82) is 0 Å². The Kier molecular flexibility index (Phi) is 4.80. The molecule has 10 heteroatoms. The van der Waals surface area contributed by atoms with Gasteiger partial charge in [-0.2, -0.15) is 0 Å². The highest BCUT2D eigenvalue weighted by Gasteiger charge is 2.36. The Labute approximate surface area is 173 Å². The molecule has 1 amide bonds. The molecule has 0 radical (unpaired) electrons. The molecular weight excluding hydrogens is 384 g/mol. The van der Waals surface area contributed by atoms with E-state index in [2.05, 4.69) is 41.9 Å². The van der Waals surface area contributed by atoms with Gasteiger partial charge < -0.3 is 20.3 Å². The zero-order valence-electron chi connectivity index (χ0n) is 16.7. The second-order valence-electron chi connectivity index (χ2n) is 7.92. The largest absolute Gasteiger partial charge is 0.393 e. The summed E-state index contributed by atoms with van der Waals surface area (Å²) in [5, 5.41) is 23.9. The molecule has 0 spiro atoms. The number of hydrogen-bond acceptors (Lipinski definition) is 8. The van der Waals surface area contributed by atoms with Gasteiger partial charge in [-0.3, -0.25) is 10.1 Å². The van der Waals surface area contributed by atoms with Crippen molar-refractivity contribution in [2.24, 2.45) is 4.99 Å². The van der Waals surface area contributed by atoms with Gasteiger partial charge >= 0.3 is 0 Å². The predicted octanol–water partition coefficient (Wildman–Crippen LogP) is 0.537. The van der Waals surface area contributed by atoms with Gasteiger partial charge in [-0.1, -0.05) is 0 Å². The van der Waals surface area contributed by atoms with Gasteiger partial charge in [0, 0.05) is 23.5 Å². The number of amidine groups is 1. The van der Waals surface area contributed by atoms with Crippen LogP contribution in [0.3, 0.4) is 0 Å². The number of piperazine rings is 1. The van der Waals surface area contributed by atoms with Gasteiger partial charge in [0.05, 0.1) is 18.3 Å². The number of nitrogens with zero attached hydrogens (tertiary/aromatic N) is 5. The Hall–Kier alpha value is -3.11. The van der Waals surface area contributed by atoms with Crippen molar-refractivity contribution in [3.8, 4) is 11.5 Å². The molecule has 30 heavy (non-hydrogen) atoms. The fourth-order valence-corrected chi connectivity index (χ4v) is 4.35. The van der Waals surface area contributed by atoms with E-state index < -0.39 is 0 Å². The minimum atomic E-state index is -0.225. The van der Waals surface area contributed by atoms with Crippen molar-refractivity contribution in [2.75, 3.05) is 6.54 Å². The smallest absolute Gasteiger partial charge is 0.239 e. The predicted molar refractivity (Wildman–Crippen MR) is 110 cm³/mol. The van der Waals surface area contributed by atoms with Crippen molar-refractivity contribution >= 4 is 17.4 Å². The zero-order valence-corrected chi connectivity index (χ0v) is 16.7. The maximum Gasteiger partial charge on any atom is 0.239 e. The number of carbonyl (C=O) groups is 1. The molecule has 2 fully saturated rings. The lowest BCUT2D eigenvalue weighted by atomic mass is 9.91. The maximum absolute atomic E-state index is 12.0. The fraction of sp³-hybridized carbons (Fsp3) is 0.450. The van der Waals surface area contributed by atoms with Crippen molar-refractivity contribution in [2.45, 2.75) is 50.9 Å². The quantitative estimate of drug-likeness (QED) is 0.583. The summed E-state index contributed by atoms with van der Waals surface area (Å²) in [6, 6.07) is 4.12. The van der Waals surface area contributed by atoms with Crippen LogP contribution < -0.4 is 10.6 Å². The Morgan fingerprint density at radius 1 is 1.20 bits per heavy atom. The van der Waals surface area contributed by atoms with Crippen LogP contribution >= 0.6 is 0 Å². The van der Waals surface area contributed by atoms with Crippen LogP contribution in [0.2, 0.25) is 0 Å². The van der Waals surface area contributed by atoms with E-state index >= 15 is 0 Å². The number of hydrogen-bond donors (Lipinski definition) is 4. The molecule has 2 aromatic rings. The van der Waals surface area contributed by atoms with Crippen molar-refractivity contribution in [1.82, 2.24) is 35.7 Å². The van der Waals surface area contributed by atoms with E-state index in [1.165, 1.54) is 6.33 Å². The van der Waals surface area contributed by atoms with Crippen LogP contribution in [0, 0.1) is 6.92 Å². The van der Waals surface area contributed by atoms with E-state index in [1.54, 1.807) is 0 Å². The van der Waals surface area contributed by atoms with E-state index in [9.17, 15) is 9.90 Å². The SMILES string of the molecule is Cc1nc(-c2nnc[nH]2)ccc1C1=CN(C2CCC(O)CC2)C2NCC(=O)NC2=N1. The standard InChI is InChI=1S/C20H24N8O2/c1-11-14(6-7-15(24-11)18-22-10-23-27-18)16-9-28(12-2-4-13(29)5-3-12)20-19(25-16)26-17(30)8-21-20/h6-7,9-10,12-13,20-21,29H,2-5,8H2,1H3,(H,22,23,27)(H,25,26,30). The van der Waals surface area contributed by atoms with Gasteiger partial charge in [-0.15, -0.1) is 10.2 Å². The van der Waals surface area contributed by atoms with Crippen LogP contribution in [-0.2, 0) is 4.79 Å². The average Bonchev–Trinajstić information content (AvgIpc) is 3.28. The second-order valence-corrected chi connectivity index (χ2v) is 7.92. The minimum Gasteiger partial charge on any atom is -0.393 e. The monoisotopic (exact) mass is 408 g/mol. The Balaban J connectivity index is 1.50. The van der Waals surface area contributed by atoms with E-state index in [0.29, 0.717) is 17.4 Å². The van der Waals surface area contributed by atoms with Crippen LogP contribution in [0.4, 0.5) is 0 Å². The summed E-state index contributed by atoms with van der Waals surface area (Å²) in [7, 11) is 0. The van der Waals surface area contributed by atoms with Gasteiger partial charge in [0.15, 0.2) is 5.82 Å². The van der Waals surface area contributed by atoms with Gasteiger partial charge in [0.1, 0.15) is 24.0 Å². The Bertz CT molecular complexity index is 1010. The van der Waals surface area contributed by atoms with Crippen LogP contribution in [0.1, 0.15) is 36.9 Å². The Morgan fingerprint density at radius 3 is 2.77 bits per heavy atom. The summed E-state index contributed by atoms with van der Waals surface area (Å²) in [5.74, 6) is 1.12. The number of H-pyrrole nitrogens is 1. The normalized spacial score (nSPS) is 26.5. The molecule has 2 aromatic heterocycles. The van der Waals surface area contributed by atoms with Gasteiger partial charge in [0.25, 0.3) is 0 Å². The number of carbonyl (C=O) groups excluding carboxylic acids is 1. The van der Waals surface area contributed by atoms with Crippen LogP contribution in [-0.4, -0.2) is 66.8 Å². The van der Waals surface area contributed by atoms with Gasteiger partial charge in [-0.05, 0) is 44.7 Å². The maximum atomic E-state index is 12.0. The molecule has 1 unspecified atom stereocenters. The van der Waals surface area contributed by atoms with Crippen molar-refractivity contribution in [3.05, 3.63) is 35.9 Å². The molecular formula is C20H24N8O2. The highest BCUT2D eigenvalue weighted by atomic mass is 16.3. The molecule has 0 bridgehead atoms. The number of aromatic nitrogens is 4. The molecule has 1 saturated carbocycles. The zero-order chi connectivity index (χ0) is 20.7. The first kappa shape index (κ1) is 18.9. The molecule has 4 heterocycles. The lowest BCUT2D eigenvalue weighted by Crippen LogP contribution is -2.64. The number of aryl methyl sites for hydroxylation is 1. The second kappa shape index (κ2) is 7.62. The summed E-state index contributed by atoms with van der Waals surface area (Å²) >= 11 is 0. The molecule has 156 valence electrons. The number of amides is 1. The lowest BCUT2D eigenvalue weighted by molar-refractivity contribution is -0.120. The van der Waals surface area contributed by atoms with Crippen LogP contribution in [0.15, 0.2) is 29.7 Å². The summed E-state index contributed by atoms with van der Waals surface area (Å²) in [5.41, 5.74) is 3.17. The van der Waals surface area contributed by atoms with Crippen molar-refractivity contribution < 1.29 is 9.90 Å². The number of aromatic amines is 1. The minimum absolute atomic E-state index is 0.0965. The number of nitrogens with one attached hydrogen (secondary N) is 3. The van der Waals surface area contributed by atoms with E-state index in [-0.39, 0.29) is 30.8 Å². The average molecular weight is 408 g/mol. The number of rotatable bonds is 3. The highest BCUT2D eigenvalue weighted by molar-refractivity contribution is 6.06. The van der Waals surface area contributed by atoms with Crippen molar-refractivity contribution in [3.63, 3.8) is 0 Å². The number of aliphatic imine (C=N–C) groups is 1. The lowest BCUT2D eigenvalue weighted by Gasteiger charge is -2.44. The molecule has 5 rings (SSSR count). The first-order valence-corrected chi connectivity index (χ1v) is 10.2. The summed E-state index contributed by atoms with van der Waals surface area (Å²) in [6.07, 6.45) is 6.53. The summed E-state index contributed by atoms with van der Waals surface area (Å²) in [6.45, 7) is 2.19. The topological polar surface area (TPSA) is 131 Å². The Morgan fingerprint density at radius 2 is 2.03 bits per heavy atom. The summed E-state index contributed by atoms with van der Waals surface area (Å²) < 4.78 is 0. The number of aliphatic hydroxyl groups excluding tert-OH is 1. The first-order valence-electron chi connectivity index (χ1n) is 10.2. The molecule has 1 aliphatic carbocycles. The van der Waals surface area contributed by atoms with Crippen LogP contribution in [0.25, 0.3) is 17.2 Å². The number of fused-ring (bicyclic) bond motifs is 1.